The highest BCUT2D eigenvalue weighted by Gasteiger charge is 1.83. The minimum atomic E-state index is -0.443. The molecule has 4 nitrogen and oxygen atoms in total. The lowest BCUT2D eigenvalue weighted by molar-refractivity contribution is 0.249. The molecule has 9 heavy (non-hydrogen) atoms. The zero-order valence-electron chi connectivity index (χ0n) is 5.98. The molecular formula is C5H15N3O. The molecule has 0 unspecified atom stereocenters. The number of nitrogens with one attached hydrogen (secondary N) is 1. The van der Waals surface area contributed by atoms with Gasteiger partial charge in [0.2, 0.25) is 0 Å². The number of hydrogen-bond acceptors (Lipinski definition) is 2. The van der Waals surface area contributed by atoms with Crippen LogP contribution in [0.2, 0.25) is 0 Å². The number of carbonyl (C=O) groups excluding carboxylic acids is 1. The third-order valence-corrected chi connectivity index (χ3v) is 0.549. The first-order valence-electron chi connectivity index (χ1n) is 2.88. The Bertz CT molecular complexity index is 65.2. The predicted octanol–water partition coefficient (Wildman–Crippen LogP) is -0.360. The van der Waals surface area contributed by atoms with Crippen molar-refractivity contribution in [3.8, 4) is 0 Å². The van der Waals surface area contributed by atoms with Crippen molar-refractivity contribution in [2.24, 2.45) is 11.5 Å². The van der Waals surface area contributed by atoms with Crippen molar-refractivity contribution in [1.82, 2.24) is 5.32 Å². The van der Waals surface area contributed by atoms with Gasteiger partial charge in [0.15, 0.2) is 0 Å². The molecule has 0 bridgehead atoms. The second kappa shape index (κ2) is 10.3. The van der Waals surface area contributed by atoms with Gasteiger partial charge in [0, 0.05) is 6.54 Å². The zero-order chi connectivity index (χ0) is 7.70. The maximum absolute atomic E-state index is 9.87. The summed E-state index contributed by atoms with van der Waals surface area (Å²) in [6.45, 7) is 2.64. The summed E-state index contributed by atoms with van der Waals surface area (Å²) in [4.78, 5) is 9.87. The van der Waals surface area contributed by atoms with Gasteiger partial charge in [0.1, 0.15) is 0 Å². The molecule has 0 heterocycles. The summed E-state index contributed by atoms with van der Waals surface area (Å²) in [5.74, 6) is 0. The van der Waals surface area contributed by atoms with Gasteiger partial charge in [-0.1, -0.05) is 6.92 Å². The summed E-state index contributed by atoms with van der Waals surface area (Å²) < 4.78 is 0. The molecule has 0 aromatic carbocycles. The van der Waals surface area contributed by atoms with E-state index in [1.165, 1.54) is 7.05 Å². The van der Waals surface area contributed by atoms with Crippen LogP contribution < -0.4 is 16.8 Å². The summed E-state index contributed by atoms with van der Waals surface area (Å²) >= 11 is 0. The zero-order valence-corrected chi connectivity index (χ0v) is 5.98. The third kappa shape index (κ3) is 19.0. The number of rotatable bonds is 2. The van der Waals surface area contributed by atoms with Crippen molar-refractivity contribution < 1.29 is 4.79 Å². The molecule has 0 aliphatic carbocycles. The van der Waals surface area contributed by atoms with E-state index in [1.54, 1.807) is 0 Å². The molecular weight excluding hydrogens is 118 g/mol. The van der Waals surface area contributed by atoms with E-state index in [2.05, 4.69) is 11.1 Å². The molecule has 0 spiro atoms. The first-order chi connectivity index (χ1) is 4.27. The van der Waals surface area contributed by atoms with Gasteiger partial charge in [-0.2, -0.15) is 0 Å². The topological polar surface area (TPSA) is 81.1 Å². The van der Waals surface area contributed by atoms with Crippen molar-refractivity contribution >= 4 is 6.03 Å². The molecule has 0 saturated carbocycles. The predicted molar refractivity (Wildman–Crippen MR) is 38.0 cm³/mol. The Kier molecular flexibility index (Phi) is 12.6. The SMILES string of the molecule is CCCNC(N)=O.CN. The van der Waals surface area contributed by atoms with Crippen LogP contribution in [0.3, 0.4) is 0 Å². The van der Waals surface area contributed by atoms with E-state index < -0.39 is 6.03 Å². The van der Waals surface area contributed by atoms with Crippen LogP contribution >= 0.6 is 0 Å². The lowest BCUT2D eigenvalue weighted by Gasteiger charge is -1.93. The smallest absolute Gasteiger partial charge is 0.312 e. The molecule has 4 heteroatoms. The fraction of sp³-hybridized carbons (Fsp3) is 0.800. The fourth-order valence-electron chi connectivity index (χ4n) is 0.248. The molecule has 0 aliphatic heterocycles. The molecule has 5 N–H and O–H groups in total. The second-order valence-electron chi connectivity index (χ2n) is 1.29. The molecule has 0 aliphatic rings. The van der Waals surface area contributed by atoms with Crippen LogP contribution in [-0.2, 0) is 0 Å². The lowest BCUT2D eigenvalue weighted by atomic mass is 10.5. The third-order valence-electron chi connectivity index (χ3n) is 0.549. The fourth-order valence-corrected chi connectivity index (χ4v) is 0.248. The first kappa shape index (κ1) is 11.1. The number of carbonyl (C=O) groups is 1. The molecule has 0 radical (unpaired) electrons. The summed E-state index contributed by atoms with van der Waals surface area (Å²) in [6.07, 6.45) is 0.933. The molecule has 0 aromatic heterocycles. The van der Waals surface area contributed by atoms with Crippen LogP contribution in [0, 0.1) is 0 Å². The number of urea groups is 1. The van der Waals surface area contributed by atoms with Crippen LogP contribution in [0.4, 0.5) is 4.79 Å². The van der Waals surface area contributed by atoms with E-state index in [9.17, 15) is 4.79 Å². The van der Waals surface area contributed by atoms with E-state index >= 15 is 0 Å². The van der Waals surface area contributed by atoms with Crippen LogP contribution in [0.5, 0.6) is 0 Å². The van der Waals surface area contributed by atoms with E-state index in [1.807, 2.05) is 6.92 Å². The van der Waals surface area contributed by atoms with Crippen LogP contribution in [0.15, 0.2) is 0 Å². The highest BCUT2D eigenvalue weighted by Crippen LogP contribution is 1.66. The quantitative estimate of drug-likeness (QED) is 0.480. The van der Waals surface area contributed by atoms with Crippen molar-refractivity contribution in [2.75, 3.05) is 13.6 Å². The first-order valence-corrected chi connectivity index (χ1v) is 2.88. The van der Waals surface area contributed by atoms with E-state index in [0.717, 1.165) is 6.42 Å². The van der Waals surface area contributed by atoms with Gasteiger partial charge >= 0.3 is 6.03 Å². The molecule has 0 atom stereocenters. The standard InChI is InChI=1S/C4H10N2O.CH5N/c1-2-3-6-4(5)7;1-2/h2-3H2,1H3,(H3,5,6,7);2H2,1H3. The highest BCUT2D eigenvalue weighted by atomic mass is 16.2. The summed E-state index contributed by atoms with van der Waals surface area (Å²) in [5, 5.41) is 2.43. The maximum Gasteiger partial charge on any atom is 0.312 e. The Morgan fingerprint density at radius 3 is 2.11 bits per heavy atom. The van der Waals surface area contributed by atoms with Gasteiger partial charge in [-0.25, -0.2) is 4.79 Å². The number of amides is 2. The van der Waals surface area contributed by atoms with E-state index in [-0.39, 0.29) is 0 Å². The lowest BCUT2D eigenvalue weighted by Crippen LogP contribution is -2.29. The molecule has 0 fully saturated rings. The summed E-state index contributed by atoms with van der Waals surface area (Å²) in [5.41, 5.74) is 9.23. The van der Waals surface area contributed by atoms with Crippen LogP contribution in [0.25, 0.3) is 0 Å². The largest absolute Gasteiger partial charge is 0.352 e. The van der Waals surface area contributed by atoms with Gasteiger partial charge in [-0.3, -0.25) is 0 Å². The normalized spacial score (nSPS) is 7.00. The van der Waals surface area contributed by atoms with Gasteiger partial charge in [0.05, 0.1) is 0 Å². The Hall–Kier alpha value is -0.770. The minimum absolute atomic E-state index is 0.443. The summed E-state index contributed by atoms with van der Waals surface area (Å²) in [6, 6.07) is -0.443. The van der Waals surface area contributed by atoms with Crippen LogP contribution in [-0.4, -0.2) is 19.6 Å². The van der Waals surface area contributed by atoms with Gasteiger partial charge in [0.25, 0.3) is 0 Å². The molecule has 0 saturated heterocycles. The second-order valence-corrected chi connectivity index (χ2v) is 1.29. The monoisotopic (exact) mass is 133 g/mol. The average molecular weight is 133 g/mol. The van der Waals surface area contributed by atoms with E-state index in [4.69, 9.17) is 5.73 Å². The van der Waals surface area contributed by atoms with Crippen molar-refractivity contribution in [2.45, 2.75) is 13.3 Å². The maximum atomic E-state index is 9.87. The summed E-state index contributed by atoms with van der Waals surface area (Å²) in [7, 11) is 1.50. The molecule has 2 amide bonds. The van der Waals surface area contributed by atoms with Crippen molar-refractivity contribution in [3.63, 3.8) is 0 Å². The molecule has 0 aromatic rings. The average Bonchev–Trinajstić information content (AvgIpc) is 1.88. The molecule has 0 rings (SSSR count). The number of primary amides is 1. The Morgan fingerprint density at radius 2 is 2.00 bits per heavy atom. The molecule has 56 valence electrons. The van der Waals surface area contributed by atoms with Gasteiger partial charge < -0.3 is 16.8 Å². The number of hydrogen-bond donors (Lipinski definition) is 3. The van der Waals surface area contributed by atoms with E-state index in [0.29, 0.717) is 6.54 Å². The van der Waals surface area contributed by atoms with Crippen molar-refractivity contribution in [1.29, 1.82) is 0 Å². The Morgan fingerprint density at radius 1 is 1.56 bits per heavy atom. The minimum Gasteiger partial charge on any atom is -0.352 e. The van der Waals surface area contributed by atoms with Crippen LogP contribution in [0.1, 0.15) is 13.3 Å². The Labute approximate surface area is 55.6 Å². The Balaban J connectivity index is 0. The highest BCUT2D eigenvalue weighted by molar-refractivity contribution is 5.71. The van der Waals surface area contributed by atoms with Gasteiger partial charge in [-0.05, 0) is 13.5 Å². The number of nitrogens with two attached hydrogens (primary N) is 2. The van der Waals surface area contributed by atoms with Gasteiger partial charge in [-0.15, -0.1) is 0 Å². The van der Waals surface area contributed by atoms with Crippen molar-refractivity contribution in [3.05, 3.63) is 0 Å².